The summed E-state index contributed by atoms with van der Waals surface area (Å²) in [6, 6.07) is 44.2. The second-order valence-electron chi connectivity index (χ2n) is 12.3. The number of hydrogen-bond donors (Lipinski definition) is 0. The molecule has 8 rings (SSSR count). The summed E-state index contributed by atoms with van der Waals surface area (Å²) in [5, 5.41) is 7.24. The van der Waals surface area contributed by atoms with E-state index < -0.39 is 0 Å². The van der Waals surface area contributed by atoms with E-state index in [1.807, 2.05) is 42.7 Å². The van der Waals surface area contributed by atoms with Crippen molar-refractivity contribution in [3.63, 3.8) is 0 Å². The molecule has 45 heavy (non-hydrogen) atoms. The molecule has 3 aromatic heterocycles. The number of aromatic nitrogens is 2. The fourth-order valence-corrected chi connectivity index (χ4v) is 5.64. The monoisotopic (exact) mass is 761 g/mol. The van der Waals surface area contributed by atoms with Crippen molar-refractivity contribution in [2.75, 3.05) is 0 Å². The number of pyridine rings is 2. The van der Waals surface area contributed by atoms with Gasteiger partial charge in [0, 0.05) is 37.9 Å². The van der Waals surface area contributed by atoms with Gasteiger partial charge in [-0.1, -0.05) is 109 Å². The molecule has 3 heterocycles. The normalized spacial score (nSPS) is 11.4. The third kappa shape index (κ3) is 6.17. The van der Waals surface area contributed by atoms with Crippen molar-refractivity contribution in [1.82, 2.24) is 9.97 Å². The van der Waals surface area contributed by atoms with Gasteiger partial charge in [-0.2, -0.15) is 0 Å². The maximum atomic E-state index is 5.87. The van der Waals surface area contributed by atoms with Crippen molar-refractivity contribution in [3.8, 4) is 22.5 Å². The summed E-state index contributed by atoms with van der Waals surface area (Å²) in [5.74, 6) is 0. The van der Waals surface area contributed by atoms with Gasteiger partial charge in [0.15, 0.2) is 0 Å². The van der Waals surface area contributed by atoms with E-state index in [1.165, 1.54) is 32.7 Å². The van der Waals surface area contributed by atoms with Crippen LogP contribution in [0.4, 0.5) is 0 Å². The predicted molar refractivity (Wildman–Crippen MR) is 183 cm³/mol. The fourth-order valence-electron chi connectivity index (χ4n) is 5.64. The number of benzene rings is 5. The Labute approximate surface area is 277 Å². The number of para-hydroxylation sites is 1. The van der Waals surface area contributed by atoms with Crippen molar-refractivity contribution >= 4 is 43.5 Å². The SMILES string of the molecule is CC(C)(C)c1ccnc(-c2[c-]cc3oc4ccccc4c3c2)c1.Cc1ccnc(-c2[c-]cc3c(ccc4ccccc43)c2)c1.[Ir]. The molecule has 8 aromatic rings. The molecule has 5 aromatic carbocycles. The van der Waals surface area contributed by atoms with E-state index >= 15 is 0 Å². The van der Waals surface area contributed by atoms with Crippen LogP contribution in [-0.4, -0.2) is 9.97 Å². The van der Waals surface area contributed by atoms with E-state index in [1.54, 1.807) is 0 Å². The Bertz CT molecular complexity index is 2290. The van der Waals surface area contributed by atoms with E-state index in [-0.39, 0.29) is 25.5 Å². The van der Waals surface area contributed by atoms with Gasteiger partial charge in [-0.3, -0.25) is 0 Å². The summed E-state index contributed by atoms with van der Waals surface area (Å²) in [7, 11) is 0. The zero-order valence-electron chi connectivity index (χ0n) is 25.7. The van der Waals surface area contributed by atoms with Crippen LogP contribution in [0.1, 0.15) is 31.9 Å². The number of rotatable bonds is 2. The van der Waals surface area contributed by atoms with Gasteiger partial charge in [-0.05, 0) is 52.9 Å². The first-order valence-electron chi connectivity index (χ1n) is 14.9. The van der Waals surface area contributed by atoms with E-state index in [0.29, 0.717) is 0 Å². The van der Waals surface area contributed by atoms with Gasteiger partial charge in [0.2, 0.25) is 0 Å². The summed E-state index contributed by atoms with van der Waals surface area (Å²) in [4.78, 5) is 8.98. The smallest absolute Gasteiger partial charge is 0.120 e. The summed E-state index contributed by atoms with van der Waals surface area (Å²) in [6.45, 7) is 8.72. The molecule has 0 unspecified atom stereocenters. The quantitative estimate of drug-likeness (QED) is 0.130. The van der Waals surface area contributed by atoms with Crippen LogP contribution in [0.2, 0.25) is 0 Å². The Morgan fingerprint density at radius 3 is 2.04 bits per heavy atom. The van der Waals surface area contributed by atoms with Crippen molar-refractivity contribution in [1.29, 1.82) is 0 Å². The zero-order valence-corrected chi connectivity index (χ0v) is 28.1. The molecule has 0 saturated carbocycles. The van der Waals surface area contributed by atoms with Gasteiger partial charge in [0.25, 0.3) is 0 Å². The molecule has 0 bridgehead atoms. The first-order valence-corrected chi connectivity index (χ1v) is 14.9. The number of nitrogens with zero attached hydrogens (tertiary/aromatic N) is 2. The second-order valence-corrected chi connectivity index (χ2v) is 12.3. The fraction of sp³-hybridized carbons (Fsp3) is 0.122. The van der Waals surface area contributed by atoms with Crippen LogP contribution in [0.5, 0.6) is 0 Å². The molecule has 3 nitrogen and oxygen atoms in total. The average Bonchev–Trinajstić information content (AvgIpc) is 3.42. The van der Waals surface area contributed by atoms with Gasteiger partial charge >= 0.3 is 0 Å². The van der Waals surface area contributed by atoms with E-state index in [2.05, 4.69) is 129 Å². The number of aryl methyl sites for hydroxylation is 1. The first kappa shape index (κ1) is 30.4. The molecule has 0 amide bonds. The zero-order chi connectivity index (χ0) is 30.3. The van der Waals surface area contributed by atoms with Crippen molar-refractivity contribution < 1.29 is 24.5 Å². The molecule has 4 heteroatoms. The van der Waals surface area contributed by atoms with Crippen LogP contribution in [0, 0.1) is 19.1 Å². The second kappa shape index (κ2) is 12.4. The Kier molecular flexibility index (Phi) is 8.38. The summed E-state index contributed by atoms with van der Waals surface area (Å²) >= 11 is 0. The molecule has 0 aliphatic carbocycles. The topological polar surface area (TPSA) is 38.9 Å². The molecule has 0 saturated heterocycles. The standard InChI is InChI=1S/C21H18NO.C20H14N.Ir/c1-21(2,3)15-10-11-22-18(13-15)14-8-9-20-17(12-14)16-6-4-5-7-19(16)23-20;1-14-10-11-21-20(12-14)17-8-9-19-16(13-17)7-6-15-4-2-3-5-18(15)19;/h4-7,9-13H,1-3H3;2-7,9-13H,1H3;/q2*-1;. The molecule has 0 fully saturated rings. The van der Waals surface area contributed by atoms with Crippen LogP contribution in [-0.2, 0) is 25.5 Å². The summed E-state index contributed by atoms with van der Waals surface area (Å²) in [6.07, 6.45) is 3.73. The molecular weight excluding hydrogens is 729 g/mol. The minimum Gasteiger partial charge on any atom is -0.500 e. The summed E-state index contributed by atoms with van der Waals surface area (Å²) in [5.41, 5.74) is 8.32. The molecule has 1 radical (unpaired) electrons. The van der Waals surface area contributed by atoms with Gasteiger partial charge in [-0.25, -0.2) is 0 Å². The molecule has 223 valence electrons. The first-order chi connectivity index (χ1) is 21.3. The Balaban J connectivity index is 0.000000156. The molecule has 0 aliphatic rings. The van der Waals surface area contributed by atoms with Crippen molar-refractivity contribution in [3.05, 3.63) is 145 Å². The van der Waals surface area contributed by atoms with Crippen LogP contribution in [0.25, 0.3) is 66.0 Å². The van der Waals surface area contributed by atoms with Gasteiger partial charge in [-0.15, -0.1) is 52.9 Å². The van der Waals surface area contributed by atoms with Crippen LogP contribution in [0.15, 0.2) is 126 Å². The molecular formula is C41H32IrN2O-2. The minimum atomic E-state index is 0. The largest absolute Gasteiger partial charge is 0.500 e. The van der Waals surface area contributed by atoms with Gasteiger partial charge < -0.3 is 14.4 Å². The van der Waals surface area contributed by atoms with Gasteiger partial charge in [0.1, 0.15) is 5.58 Å². The number of fused-ring (bicyclic) bond motifs is 6. The van der Waals surface area contributed by atoms with E-state index in [9.17, 15) is 0 Å². The number of furan rings is 1. The third-order valence-corrected chi connectivity index (χ3v) is 8.08. The van der Waals surface area contributed by atoms with Crippen molar-refractivity contribution in [2.45, 2.75) is 33.1 Å². The Morgan fingerprint density at radius 1 is 0.578 bits per heavy atom. The molecule has 0 N–H and O–H groups in total. The predicted octanol–water partition coefficient (Wildman–Crippen LogP) is 10.9. The van der Waals surface area contributed by atoms with Crippen LogP contribution >= 0.6 is 0 Å². The minimum absolute atomic E-state index is 0. The van der Waals surface area contributed by atoms with Gasteiger partial charge in [0.05, 0.1) is 5.58 Å². The van der Waals surface area contributed by atoms with Crippen LogP contribution in [0.3, 0.4) is 0 Å². The third-order valence-electron chi connectivity index (χ3n) is 8.08. The molecule has 0 aliphatic heterocycles. The molecule has 0 spiro atoms. The maximum absolute atomic E-state index is 5.87. The summed E-state index contributed by atoms with van der Waals surface area (Å²) < 4.78 is 5.87. The maximum Gasteiger partial charge on any atom is 0.120 e. The van der Waals surface area contributed by atoms with E-state index in [4.69, 9.17) is 4.42 Å². The van der Waals surface area contributed by atoms with Crippen LogP contribution < -0.4 is 0 Å². The average molecular weight is 761 g/mol. The Morgan fingerprint density at radius 2 is 1.24 bits per heavy atom. The van der Waals surface area contributed by atoms with Crippen molar-refractivity contribution in [2.24, 2.45) is 0 Å². The Hall–Kier alpha value is -4.63. The van der Waals surface area contributed by atoms with E-state index in [0.717, 1.165) is 44.5 Å². The number of hydrogen-bond acceptors (Lipinski definition) is 3. The molecule has 0 atom stereocenters.